The second-order valence-electron chi connectivity index (χ2n) is 2.75. The average molecular weight is 226 g/mol. The van der Waals surface area contributed by atoms with Crippen LogP contribution < -0.4 is 0 Å². The van der Waals surface area contributed by atoms with Crippen LogP contribution in [0.4, 0.5) is 0 Å². The van der Waals surface area contributed by atoms with Gasteiger partial charge in [0.25, 0.3) is 0 Å². The lowest BCUT2D eigenvalue weighted by molar-refractivity contribution is 0.146. The molecule has 2 rings (SSSR count). The molecule has 1 aromatic heterocycles. The second-order valence-corrected chi connectivity index (χ2v) is 3.61. The van der Waals surface area contributed by atoms with E-state index in [2.05, 4.69) is 27.5 Å². The summed E-state index contributed by atoms with van der Waals surface area (Å²) in [4.78, 5) is 4.06. The lowest BCUT2D eigenvalue weighted by Crippen LogP contribution is -2.09. The van der Waals surface area contributed by atoms with Crippen molar-refractivity contribution in [3.63, 3.8) is 0 Å². The van der Waals surface area contributed by atoms with Crippen molar-refractivity contribution >= 4 is 21.5 Å². The first kappa shape index (κ1) is 7.95. The molecule has 0 N–H and O–H groups in total. The summed E-state index contributed by atoms with van der Waals surface area (Å²) in [5.74, 6) is 0. The Morgan fingerprint density at radius 2 is 2.25 bits per heavy atom. The maximum atomic E-state index is 5.30. The predicted molar refractivity (Wildman–Crippen MR) is 50.6 cm³/mol. The van der Waals surface area contributed by atoms with Crippen LogP contribution >= 0.6 is 15.9 Å². The highest BCUT2D eigenvalue weighted by atomic mass is 79.9. The van der Waals surface area contributed by atoms with Crippen LogP contribution in [0.2, 0.25) is 0 Å². The van der Waals surface area contributed by atoms with Crippen LogP contribution in [0.15, 0.2) is 23.4 Å². The Morgan fingerprint density at radius 3 is 3.00 bits per heavy atom. The van der Waals surface area contributed by atoms with E-state index in [1.165, 1.54) is 0 Å². The van der Waals surface area contributed by atoms with Gasteiger partial charge in [-0.05, 0) is 21.5 Å². The highest BCUT2D eigenvalue weighted by molar-refractivity contribution is 9.10. The molecule has 0 bridgehead atoms. The van der Waals surface area contributed by atoms with Crippen molar-refractivity contribution in [3.05, 3.63) is 34.6 Å². The maximum Gasteiger partial charge on any atom is 0.0742 e. The van der Waals surface area contributed by atoms with Crippen molar-refractivity contribution < 1.29 is 4.74 Å². The zero-order valence-electron chi connectivity index (χ0n) is 6.51. The smallest absolute Gasteiger partial charge is 0.0742 e. The van der Waals surface area contributed by atoms with Crippen LogP contribution in [-0.4, -0.2) is 11.6 Å². The summed E-state index contributed by atoms with van der Waals surface area (Å²) in [5, 5.41) is 0. The van der Waals surface area contributed by atoms with E-state index in [0.717, 1.165) is 21.2 Å². The summed E-state index contributed by atoms with van der Waals surface area (Å²) in [6.07, 6.45) is 3.61. The molecule has 2 heterocycles. The molecule has 3 heteroatoms. The molecule has 0 spiro atoms. The first-order valence-electron chi connectivity index (χ1n) is 3.67. The van der Waals surface area contributed by atoms with Gasteiger partial charge in [0.05, 0.1) is 13.2 Å². The molecule has 2 nitrogen and oxygen atoms in total. The third kappa shape index (κ3) is 1.19. The molecule has 0 radical (unpaired) electrons. The minimum Gasteiger partial charge on any atom is -0.372 e. The summed E-state index contributed by atoms with van der Waals surface area (Å²) in [5.41, 5.74) is 3.29. The van der Waals surface area contributed by atoms with E-state index in [1.807, 2.05) is 6.20 Å². The van der Waals surface area contributed by atoms with Gasteiger partial charge in [-0.2, -0.15) is 0 Å². The standard InChI is InChI=1S/C9H8BrNO/c1-6-4-12-5-7-2-11-3-8(10)9(6)7/h2-3H,1,4-5H2. The van der Waals surface area contributed by atoms with E-state index in [-0.39, 0.29) is 0 Å². The lowest BCUT2D eigenvalue weighted by Gasteiger charge is -2.18. The highest BCUT2D eigenvalue weighted by Gasteiger charge is 2.15. The van der Waals surface area contributed by atoms with Crippen LogP contribution in [-0.2, 0) is 11.3 Å². The molecule has 12 heavy (non-hydrogen) atoms. The van der Waals surface area contributed by atoms with Gasteiger partial charge in [0.1, 0.15) is 0 Å². The maximum absolute atomic E-state index is 5.30. The van der Waals surface area contributed by atoms with Gasteiger partial charge in [-0.15, -0.1) is 0 Å². The van der Waals surface area contributed by atoms with Gasteiger partial charge in [0.2, 0.25) is 0 Å². The highest BCUT2D eigenvalue weighted by Crippen LogP contribution is 2.29. The Morgan fingerprint density at radius 1 is 1.42 bits per heavy atom. The molecule has 0 aliphatic carbocycles. The van der Waals surface area contributed by atoms with Crippen molar-refractivity contribution in [2.45, 2.75) is 6.61 Å². The Bertz CT molecular complexity index is 335. The summed E-state index contributed by atoms with van der Waals surface area (Å²) >= 11 is 3.44. The van der Waals surface area contributed by atoms with Gasteiger partial charge >= 0.3 is 0 Å². The minimum atomic E-state index is 0.621. The third-order valence-corrected chi connectivity index (χ3v) is 2.47. The predicted octanol–water partition coefficient (Wildman–Crippen LogP) is 2.39. The number of ether oxygens (including phenoxy) is 1. The summed E-state index contributed by atoms with van der Waals surface area (Å²) < 4.78 is 6.31. The molecule has 62 valence electrons. The molecule has 1 aliphatic rings. The van der Waals surface area contributed by atoms with Crippen molar-refractivity contribution in [1.82, 2.24) is 4.98 Å². The fourth-order valence-electron chi connectivity index (χ4n) is 1.34. The van der Waals surface area contributed by atoms with E-state index in [0.29, 0.717) is 13.2 Å². The minimum absolute atomic E-state index is 0.621. The molecule has 0 aromatic carbocycles. The first-order chi connectivity index (χ1) is 5.79. The summed E-state index contributed by atoms with van der Waals surface area (Å²) in [6.45, 7) is 5.19. The van der Waals surface area contributed by atoms with E-state index in [1.54, 1.807) is 6.20 Å². The number of halogens is 1. The van der Waals surface area contributed by atoms with E-state index < -0.39 is 0 Å². The van der Waals surface area contributed by atoms with E-state index in [9.17, 15) is 0 Å². The van der Waals surface area contributed by atoms with Crippen LogP contribution in [0.1, 0.15) is 11.1 Å². The number of fused-ring (bicyclic) bond motifs is 1. The summed E-state index contributed by atoms with van der Waals surface area (Å²) in [7, 11) is 0. The number of hydrogen-bond acceptors (Lipinski definition) is 2. The van der Waals surface area contributed by atoms with Gasteiger partial charge in [-0.1, -0.05) is 6.58 Å². The lowest BCUT2D eigenvalue weighted by atomic mass is 10.0. The average Bonchev–Trinajstić information content (AvgIpc) is 2.04. The Balaban J connectivity index is 2.60. The van der Waals surface area contributed by atoms with Crippen molar-refractivity contribution in [1.29, 1.82) is 0 Å². The molecule has 0 saturated heterocycles. The van der Waals surface area contributed by atoms with Crippen molar-refractivity contribution in [2.75, 3.05) is 6.61 Å². The van der Waals surface area contributed by atoms with Crippen LogP contribution in [0.3, 0.4) is 0 Å². The monoisotopic (exact) mass is 225 g/mol. The SMILES string of the molecule is C=C1COCc2cncc(Br)c21. The zero-order chi connectivity index (χ0) is 8.55. The quantitative estimate of drug-likeness (QED) is 0.677. The van der Waals surface area contributed by atoms with Crippen LogP contribution in [0, 0.1) is 0 Å². The Hall–Kier alpha value is -0.670. The number of aromatic nitrogens is 1. The van der Waals surface area contributed by atoms with E-state index in [4.69, 9.17) is 4.74 Å². The summed E-state index contributed by atoms with van der Waals surface area (Å²) in [6, 6.07) is 0. The molecule has 1 aromatic rings. The second kappa shape index (κ2) is 2.99. The molecule has 0 amide bonds. The molecule has 0 fully saturated rings. The van der Waals surface area contributed by atoms with Gasteiger partial charge < -0.3 is 4.74 Å². The largest absolute Gasteiger partial charge is 0.372 e. The van der Waals surface area contributed by atoms with E-state index >= 15 is 0 Å². The fourth-order valence-corrected chi connectivity index (χ4v) is 1.99. The first-order valence-corrected chi connectivity index (χ1v) is 4.46. The molecule has 0 unspecified atom stereocenters. The van der Waals surface area contributed by atoms with Crippen molar-refractivity contribution in [3.8, 4) is 0 Å². The molecular weight excluding hydrogens is 218 g/mol. The number of hydrogen-bond donors (Lipinski definition) is 0. The zero-order valence-corrected chi connectivity index (χ0v) is 8.10. The number of nitrogens with zero attached hydrogens (tertiary/aromatic N) is 1. The molecule has 0 atom stereocenters. The Labute approximate surface area is 79.4 Å². The van der Waals surface area contributed by atoms with Crippen molar-refractivity contribution in [2.24, 2.45) is 0 Å². The van der Waals surface area contributed by atoms with Crippen LogP contribution in [0.25, 0.3) is 5.57 Å². The van der Waals surface area contributed by atoms with Gasteiger partial charge in [0, 0.05) is 28.0 Å². The normalized spacial score (nSPS) is 15.9. The van der Waals surface area contributed by atoms with Gasteiger partial charge in [-0.3, -0.25) is 4.98 Å². The molecular formula is C9H8BrNO. The molecule has 0 saturated carbocycles. The number of pyridine rings is 1. The third-order valence-electron chi connectivity index (χ3n) is 1.87. The Kier molecular flexibility index (Phi) is 1.98. The number of rotatable bonds is 0. The topological polar surface area (TPSA) is 22.1 Å². The fraction of sp³-hybridized carbons (Fsp3) is 0.222. The van der Waals surface area contributed by atoms with Gasteiger partial charge in [-0.25, -0.2) is 0 Å². The van der Waals surface area contributed by atoms with Gasteiger partial charge in [0.15, 0.2) is 0 Å². The van der Waals surface area contributed by atoms with Crippen LogP contribution in [0.5, 0.6) is 0 Å². The molecule has 1 aliphatic heterocycles.